The maximum absolute atomic E-state index is 12.9. The molecule has 0 aliphatic rings. The number of sulfonamides is 1. The van der Waals surface area contributed by atoms with E-state index >= 15 is 0 Å². The highest BCUT2D eigenvalue weighted by molar-refractivity contribution is 7.92. The normalized spacial score (nSPS) is 12.0. The van der Waals surface area contributed by atoms with E-state index in [4.69, 9.17) is 0 Å². The summed E-state index contributed by atoms with van der Waals surface area (Å²) in [5.41, 5.74) is 3.49. The molecule has 0 aromatic heterocycles. The fraction of sp³-hybridized carbons (Fsp3) is 0.259. The van der Waals surface area contributed by atoms with Crippen LogP contribution in [0.15, 0.2) is 72.8 Å². The molecule has 2 N–H and O–H groups in total. The third-order valence-corrected chi connectivity index (χ3v) is 6.78. The van der Waals surface area contributed by atoms with Crippen LogP contribution in [0.2, 0.25) is 0 Å². The molecular formula is C27H31N3O4S. The van der Waals surface area contributed by atoms with Gasteiger partial charge in [0.2, 0.25) is 10.0 Å². The number of anilines is 2. The third kappa shape index (κ3) is 6.93. The van der Waals surface area contributed by atoms with Crippen LogP contribution >= 0.6 is 0 Å². The summed E-state index contributed by atoms with van der Waals surface area (Å²) in [7, 11) is -3.51. The molecule has 0 aliphatic heterocycles. The van der Waals surface area contributed by atoms with Gasteiger partial charge in [0.1, 0.15) is 0 Å². The van der Waals surface area contributed by atoms with Crippen molar-refractivity contribution in [1.82, 2.24) is 5.32 Å². The number of nitrogens with one attached hydrogen (secondary N) is 2. The van der Waals surface area contributed by atoms with Gasteiger partial charge >= 0.3 is 0 Å². The molecule has 8 heteroatoms. The molecule has 0 radical (unpaired) electrons. The second-order valence-corrected chi connectivity index (χ2v) is 10.5. The van der Waals surface area contributed by atoms with Crippen LogP contribution in [0.5, 0.6) is 0 Å². The molecule has 0 saturated heterocycles. The molecule has 184 valence electrons. The van der Waals surface area contributed by atoms with Crippen LogP contribution in [0, 0.1) is 6.92 Å². The molecule has 2 amide bonds. The average molecular weight is 494 g/mol. The molecule has 3 rings (SSSR count). The van der Waals surface area contributed by atoms with Crippen molar-refractivity contribution in [2.75, 3.05) is 15.9 Å². The summed E-state index contributed by atoms with van der Waals surface area (Å²) in [4.78, 5) is 25.5. The first-order valence-electron chi connectivity index (χ1n) is 11.4. The number of aryl methyl sites for hydroxylation is 1. The zero-order valence-corrected chi connectivity index (χ0v) is 21.2. The lowest BCUT2D eigenvalue weighted by Gasteiger charge is -2.23. The topological polar surface area (TPSA) is 95.6 Å². The minimum absolute atomic E-state index is 0.0186. The Balaban J connectivity index is 1.76. The van der Waals surface area contributed by atoms with Gasteiger partial charge in [-0.1, -0.05) is 43.3 Å². The summed E-state index contributed by atoms with van der Waals surface area (Å²) >= 11 is 0. The maximum atomic E-state index is 12.9. The molecule has 0 saturated carbocycles. The van der Waals surface area contributed by atoms with Gasteiger partial charge in [0, 0.05) is 11.6 Å². The number of carbonyl (C=O) groups is 2. The molecule has 0 bridgehead atoms. The van der Waals surface area contributed by atoms with Gasteiger partial charge in [0.25, 0.3) is 11.8 Å². The van der Waals surface area contributed by atoms with Crippen LogP contribution in [0.25, 0.3) is 0 Å². The molecule has 0 unspecified atom stereocenters. The van der Waals surface area contributed by atoms with E-state index in [1.54, 1.807) is 54.6 Å². The van der Waals surface area contributed by atoms with Gasteiger partial charge in [-0.05, 0) is 67.8 Å². The fourth-order valence-corrected chi connectivity index (χ4v) is 4.38. The predicted molar refractivity (Wildman–Crippen MR) is 140 cm³/mol. The Kier molecular flexibility index (Phi) is 8.30. The van der Waals surface area contributed by atoms with Crippen LogP contribution < -0.4 is 14.9 Å². The number of benzene rings is 3. The molecule has 7 nitrogen and oxygen atoms in total. The first-order chi connectivity index (χ1) is 16.6. The smallest absolute Gasteiger partial charge is 0.255 e. The van der Waals surface area contributed by atoms with Crippen LogP contribution in [0.3, 0.4) is 0 Å². The van der Waals surface area contributed by atoms with Gasteiger partial charge in [0.05, 0.1) is 29.7 Å². The van der Waals surface area contributed by atoms with Crippen molar-refractivity contribution in [2.24, 2.45) is 0 Å². The molecule has 0 fully saturated rings. The Morgan fingerprint density at radius 2 is 1.63 bits per heavy atom. The van der Waals surface area contributed by atoms with E-state index in [-0.39, 0.29) is 24.4 Å². The Morgan fingerprint density at radius 3 is 2.26 bits per heavy atom. The van der Waals surface area contributed by atoms with E-state index in [0.29, 0.717) is 22.5 Å². The summed E-state index contributed by atoms with van der Waals surface area (Å²) < 4.78 is 26.2. The van der Waals surface area contributed by atoms with Gasteiger partial charge in [-0.2, -0.15) is 0 Å². The predicted octanol–water partition coefficient (Wildman–Crippen LogP) is 4.74. The number of hydrogen-bond donors (Lipinski definition) is 2. The Morgan fingerprint density at radius 1 is 0.943 bits per heavy atom. The minimum atomic E-state index is -3.51. The van der Waals surface area contributed by atoms with Crippen molar-refractivity contribution < 1.29 is 18.0 Å². The second-order valence-electron chi connectivity index (χ2n) is 8.59. The van der Waals surface area contributed by atoms with E-state index in [9.17, 15) is 18.0 Å². The summed E-state index contributed by atoms with van der Waals surface area (Å²) in [6, 6.07) is 20.9. The highest BCUT2D eigenvalue weighted by Gasteiger charge is 2.19. The fourth-order valence-electron chi connectivity index (χ4n) is 3.50. The van der Waals surface area contributed by atoms with Crippen LogP contribution in [-0.4, -0.2) is 32.5 Å². The largest absolute Gasteiger partial charge is 0.350 e. The standard InChI is InChI=1S/C27H31N3O4S/c1-5-20(3)28-27(32)24-11-6-7-12-25(24)29-26(31)22-15-13-21(14-16-22)18-30(35(4,33)34)23-10-8-9-19(2)17-23/h6-17,20H,5,18H2,1-4H3,(H,28,32)(H,29,31)/t20-/m0/s1. The lowest BCUT2D eigenvalue weighted by Crippen LogP contribution is -2.32. The average Bonchev–Trinajstić information content (AvgIpc) is 2.82. The molecule has 35 heavy (non-hydrogen) atoms. The highest BCUT2D eigenvalue weighted by Crippen LogP contribution is 2.22. The van der Waals surface area contributed by atoms with E-state index in [1.165, 1.54) is 10.6 Å². The zero-order valence-electron chi connectivity index (χ0n) is 20.4. The van der Waals surface area contributed by atoms with Crippen molar-refractivity contribution in [3.05, 3.63) is 95.1 Å². The number of hydrogen-bond acceptors (Lipinski definition) is 4. The Labute approximate surface area is 207 Å². The Bertz CT molecular complexity index is 1300. The number of para-hydroxylation sites is 1. The van der Waals surface area contributed by atoms with Crippen molar-refractivity contribution in [2.45, 2.75) is 39.8 Å². The zero-order chi connectivity index (χ0) is 25.6. The minimum Gasteiger partial charge on any atom is -0.350 e. The van der Waals surface area contributed by atoms with E-state index in [0.717, 1.165) is 17.5 Å². The van der Waals surface area contributed by atoms with Crippen LogP contribution in [0.4, 0.5) is 11.4 Å². The number of nitrogens with zero attached hydrogens (tertiary/aromatic N) is 1. The molecule has 0 aliphatic carbocycles. The van der Waals surface area contributed by atoms with Gasteiger partial charge in [-0.15, -0.1) is 0 Å². The quantitative estimate of drug-likeness (QED) is 0.450. The highest BCUT2D eigenvalue weighted by atomic mass is 32.2. The summed E-state index contributed by atoms with van der Waals surface area (Å²) in [6.07, 6.45) is 1.97. The molecule has 3 aromatic carbocycles. The number of rotatable bonds is 9. The van der Waals surface area contributed by atoms with Crippen molar-refractivity contribution in [3.63, 3.8) is 0 Å². The number of amides is 2. The Hall–Kier alpha value is -3.65. The monoisotopic (exact) mass is 493 g/mol. The first-order valence-corrected chi connectivity index (χ1v) is 13.3. The van der Waals surface area contributed by atoms with Gasteiger partial charge in [-0.25, -0.2) is 8.42 Å². The molecule has 3 aromatic rings. The van der Waals surface area contributed by atoms with Crippen LogP contribution in [0.1, 0.15) is 52.1 Å². The molecular weight excluding hydrogens is 462 g/mol. The van der Waals surface area contributed by atoms with Crippen molar-refractivity contribution >= 4 is 33.2 Å². The number of carbonyl (C=O) groups excluding carboxylic acids is 2. The lowest BCUT2D eigenvalue weighted by atomic mass is 10.1. The SMILES string of the molecule is CC[C@H](C)NC(=O)c1ccccc1NC(=O)c1ccc(CN(c2cccc(C)c2)S(C)(=O)=O)cc1. The third-order valence-electron chi connectivity index (χ3n) is 5.64. The molecule has 1 atom stereocenters. The second kappa shape index (κ2) is 11.2. The van der Waals surface area contributed by atoms with Crippen molar-refractivity contribution in [3.8, 4) is 0 Å². The summed E-state index contributed by atoms with van der Waals surface area (Å²) in [5, 5.41) is 5.72. The van der Waals surface area contributed by atoms with E-state index in [2.05, 4.69) is 10.6 Å². The van der Waals surface area contributed by atoms with Crippen molar-refractivity contribution in [1.29, 1.82) is 0 Å². The molecule has 0 heterocycles. The maximum Gasteiger partial charge on any atom is 0.255 e. The van der Waals surface area contributed by atoms with Gasteiger partial charge < -0.3 is 10.6 Å². The summed E-state index contributed by atoms with van der Waals surface area (Å²) in [6.45, 7) is 5.95. The van der Waals surface area contributed by atoms with Gasteiger partial charge in [-0.3, -0.25) is 13.9 Å². The van der Waals surface area contributed by atoms with E-state index in [1.807, 2.05) is 39.0 Å². The summed E-state index contributed by atoms with van der Waals surface area (Å²) in [5.74, 6) is -0.610. The van der Waals surface area contributed by atoms with E-state index < -0.39 is 10.0 Å². The lowest BCUT2D eigenvalue weighted by molar-refractivity contribution is 0.0940. The molecule has 0 spiro atoms. The first kappa shape index (κ1) is 26.0. The van der Waals surface area contributed by atoms with Gasteiger partial charge in [0.15, 0.2) is 0 Å². The van der Waals surface area contributed by atoms with Crippen LogP contribution in [-0.2, 0) is 16.6 Å².